The number of carbonyl (C=O) groups is 1. The van der Waals surface area contributed by atoms with Crippen LogP contribution < -0.4 is 5.73 Å². The van der Waals surface area contributed by atoms with Crippen LogP contribution in [0.3, 0.4) is 0 Å². The Hall–Kier alpha value is -3.50. The number of nitriles is 1. The van der Waals surface area contributed by atoms with Crippen molar-refractivity contribution in [1.29, 1.82) is 5.26 Å². The van der Waals surface area contributed by atoms with E-state index in [0.717, 1.165) is 0 Å². The van der Waals surface area contributed by atoms with Gasteiger partial charge in [0.2, 0.25) is 11.8 Å². The van der Waals surface area contributed by atoms with Crippen LogP contribution in [0.5, 0.6) is 0 Å². The molecule has 7 heteroatoms. The molecule has 0 aliphatic heterocycles. The lowest BCUT2D eigenvalue weighted by atomic mass is 9.96. The summed E-state index contributed by atoms with van der Waals surface area (Å²) in [6.45, 7) is 1.71. The lowest BCUT2D eigenvalue weighted by Gasteiger charge is -2.07. The quantitative estimate of drug-likeness (QED) is 0.751. The standard InChI is InChI=1S/C18H14N4O3/c1-10(20)16-21-22-17(25-16)13-6-12(7-14(8-13)18(23)24)15-5-3-2-4-11(15)9-19/h2-8,10H,20H2,1H3,(H,23,24)/t10-/m0/s1. The number of hydrogen-bond acceptors (Lipinski definition) is 6. The predicted molar refractivity (Wildman–Crippen MR) is 89.4 cm³/mol. The number of rotatable bonds is 4. The molecule has 3 N–H and O–H groups in total. The van der Waals surface area contributed by atoms with Crippen LogP contribution in [0, 0.1) is 11.3 Å². The van der Waals surface area contributed by atoms with Crippen molar-refractivity contribution in [1.82, 2.24) is 10.2 Å². The lowest BCUT2D eigenvalue weighted by Crippen LogP contribution is -2.04. The Kier molecular flexibility index (Phi) is 4.29. The number of benzene rings is 2. The van der Waals surface area contributed by atoms with Crippen molar-refractivity contribution < 1.29 is 14.3 Å². The van der Waals surface area contributed by atoms with Crippen LogP contribution in [0.25, 0.3) is 22.6 Å². The van der Waals surface area contributed by atoms with Gasteiger partial charge in [0.25, 0.3) is 0 Å². The normalized spacial score (nSPS) is 11.7. The fourth-order valence-electron chi connectivity index (χ4n) is 2.40. The van der Waals surface area contributed by atoms with Gasteiger partial charge in [-0.15, -0.1) is 10.2 Å². The maximum absolute atomic E-state index is 11.5. The highest BCUT2D eigenvalue weighted by Crippen LogP contribution is 2.30. The highest BCUT2D eigenvalue weighted by atomic mass is 16.4. The third kappa shape index (κ3) is 3.24. The van der Waals surface area contributed by atoms with Crippen molar-refractivity contribution >= 4 is 5.97 Å². The van der Waals surface area contributed by atoms with E-state index in [0.29, 0.717) is 22.3 Å². The highest BCUT2D eigenvalue weighted by Gasteiger charge is 2.16. The molecule has 124 valence electrons. The third-order valence-corrected chi connectivity index (χ3v) is 3.62. The Balaban J connectivity index is 2.18. The number of nitrogens with zero attached hydrogens (tertiary/aromatic N) is 3. The van der Waals surface area contributed by atoms with E-state index in [-0.39, 0.29) is 17.3 Å². The van der Waals surface area contributed by atoms with Crippen molar-refractivity contribution in [3.8, 4) is 28.7 Å². The van der Waals surface area contributed by atoms with E-state index in [9.17, 15) is 15.2 Å². The fourth-order valence-corrected chi connectivity index (χ4v) is 2.40. The minimum atomic E-state index is -1.09. The molecule has 0 saturated carbocycles. The average molecular weight is 334 g/mol. The van der Waals surface area contributed by atoms with Crippen LogP contribution in [0.2, 0.25) is 0 Å². The van der Waals surface area contributed by atoms with E-state index in [4.69, 9.17) is 10.2 Å². The highest BCUT2D eigenvalue weighted by molar-refractivity contribution is 5.92. The minimum Gasteiger partial charge on any atom is -0.478 e. The molecular weight excluding hydrogens is 320 g/mol. The van der Waals surface area contributed by atoms with Crippen molar-refractivity contribution in [2.45, 2.75) is 13.0 Å². The zero-order valence-electron chi connectivity index (χ0n) is 13.3. The zero-order chi connectivity index (χ0) is 18.0. The van der Waals surface area contributed by atoms with E-state index < -0.39 is 12.0 Å². The van der Waals surface area contributed by atoms with Gasteiger partial charge in [0.1, 0.15) is 0 Å². The van der Waals surface area contributed by atoms with Gasteiger partial charge in [-0.2, -0.15) is 5.26 Å². The maximum atomic E-state index is 11.5. The monoisotopic (exact) mass is 334 g/mol. The molecule has 0 fully saturated rings. The molecule has 0 radical (unpaired) electrons. The summed E-state index contributed by atoms with van der Waals surface area (Å²) in [5.74, 6) is -0.662. The van der Waals surface area contributed by atoms with Gasteiger partial charge in [-0.25, -0.2) is 4.79 Å². The van der Waals surface area contributed by atoms with E-state index in [1.807, 2.05) is 0 Å². The molecule has 0 aliphatic carbocycles. The molecule has 0 spiro atoms. The van der Waals surface area contributed by atoms with Crippen molar-refractivity contribution in [2.24, 2.45) is 5.73 Å². The van der Waals surface area contributed by atoms with Crippen LogP contribution in [0.4, 0.5) is 0 Å². The number of carboxylic acid groups (broad SMARTS) is 1. The molecule has 7 nitrogen and oxygen atoms in total. The molecule has 1 aromatic heterocycles. The van der Waals surface area contributed by atoms with Gasteiger partial charge in [0.15, 0.2) is 0 Å². The molecule has 0 bridgehead atoms. The Morgan fingerprint density at radius 3 is 2.60 bits per heavy atom. The van der Waals surface area contributed by atoms with Gasteiger partial charge in [0.05, 0.1) is 23.2 Å². The fraction of sp³-hybridized carbons (Fsp3) is 0.111. The number of nitrogens with two attached hydrogens (primary N) is 1. The summed E-state index contributed by atoms with van der Waals surface area (Å²) in [5.41, 5.74) is 7.86. The molecule has 3 rings (SSSR count). The Labute approximate surface area is 143 Å². The molecule has 0 unspecified atom stereocenters. The van der Waals surface area contributed by atoms with Crippen molar-refractivity contribution in [3.05, 3.63) is 59.5 Å². The summed E-state index contributed by atoms with van der Waals surface area (Å²) in [7, 11) is 0. The molecule has 0 saturated heterocycles. The molecule has 0 amide bonds. The molecule has 1 heterocycles. The molecule has 1 atom stereocenters. The average Bonchev–Trinajstić information content (AvgIpc) is 3.11. The third-order valence-electron chi connectivity index (χ3n) is 3.62. The second-order valence-electron chi connectivity index (χ2n) is 5.50. The van der Waals surface area contributed by atoms with Crippen molar-refractivity contribution in [3.63, 3.8) is 0 Å². The second-order valence-corrected chi connectivity index (χ2v) is 5.50. The Morgan fingerprint density at radius 1 is 1.24 bits per heavy atom. The summed E-state index contributed by atoms with van der Waals surface area (Å²) >= 11 is 0. The summed E-state index contributed by atoms with van der Waals surface area (Å²) in [6.07, 6.45) is 0. The van der Waals surface area contributed by atoms with Gasteiger partial charge >= 0.3 is 5.97 Å². The van der Waals surface area contributed by atoms with Crippen LogP contribution in [0.1, 0.15) is 34.8 Å². The minimum absolute atomic E-state index is 0.0563. The molecule has 0 aliphatic rings. The predicted octanol–water partition coefficient (Wildman–Crippen LogP) is 2.99. The number of aromatic carboxylic acids is 1. The maximum Gasteiger partial charge on any atom is 0.335 e. The molecular formula is C18H14N4O3. The van der Waals surface area contributed by atoms with E-state index in [1.54, 1.807) is 37.3 Å². The summed E-state index contributed by atoms with van der Waals surface area (Å²) in [4.78, 5) is 11.5. The second kappa shape index (κ2) is 6.55. The van der Waals surface area contributed by atoms with Crippen LogP contribution in [-0.2, 0) is 0 Å². The molecule has 3 aromatic rings. The summed E-state index contributed by atoms with van der Waals surface area (Å²) < 4.78 is 5.51. The van der Waals surface area contributed by atoms with Crippen molar-refractivity contribution in [2.75, 3.05) is 0 Å². The van der Waals surface area contributed by atoms with Gasteiger partial charge in [0, 0.05) is 5.56 Å². The van der Waals surface area contributed by atoms with Gasteiger partial charge in [-0.1, -0.05) is 18.2 Å². The zero-order valence-corrected chi connectivity index (χ0v) is 13.3. The van der Waals surface area contributed by atoms with Crippen LogP contribution in [-0.4, -0.2) is 21.3 Å². The number of hydrogen-bond donors (Lipinski definition) is 2. The smallest absolute Gasteiger partial charge is 0.335 e. The Morgan fingerprint density at radius 2 is 1.96 bits per heavy atom. The SMILES string of the molecule is C[C@H](N)c1nnc(-c2cc(C(=O)O)cc(-c3ccccc3C#N)c2)o1. The molecule has 25 heavy (non-hydrogen) atoms. The molecule has 2 aromatic carbocycles. The lowest BCUT2D eigenvalue weighted by molar-refractivity contribution is 0.0697. The number of carboxylic acids is 1. The first-order valence-electron chi connectivity index (χ1n) is 7.47. The van der Waals surface area contributed by atoms with E-state index in [1.165, 1.54) is 12.1 Å². The topological polar surface area (TPSA) is 126 Å². The summed E-state index contributed by atoms with van der Waals surface area (Å²) in [6, 6.07) is 13.3. The first-order valence-corrected chi connectivity index (χ1v) is 7.47. The van der Waals surface area contributed by atoms with Crippen LogP contribution >= 0.6 is 0 Å². The first kappa shape index (κ1) is 16.4. The first-order chi connectivity index (χ1) is 12.0. The van der Waals surface area contributed by atoms with Gasteiger partial charge in [-0.3, -0.25) is 0 Å². The number of aromatic nitrogens is 2. The van der Waals surface area contributed by atoms with E-state index in [2.05, 4.69) is 16.3 Å². The van der Waals surface area contributed by atoms with Gasteiger partial charge in [-0.05, 0) is 42.3 Å². The van der Waals surface area contributed by atoms with Crippen LogP contribution in [0.15, 0.2) is 46.9 Å². The van der Waals surface area contributed by atoms with E-state index >= 15 is 0 Å². The largest absolute Gasteiger partial charge is 0.478 e. The van der Waals surface area contributed by atoms with Gasteiger partial charge < -0.3 is 15.3 Å². The summed E-state index contributed by atoms with van der Waals surface area (Å²) in [5, 5.41) is 26.5. The Bertz CT molecular complexity index is 986.